The van der Waals surface area contributed by atoms with Crippen LogP contribution >= 0.6 is 11.3 Å². The van der Waals surface area contributed by atoms with Crippen molar-refractivity contribution in [2.75, 3.05) is 5.32 Å². The van der Waals surface area contributed by atoms with Gasteiger partial charge in [0, 0.05) is 17.3 Å². The lowest BCUT2D eigenvalue weighted by molar-refractivity contribution is 1.07. The van der Waals surface area contributed by atoms with Crippen LogP contribution in [0.2, 0.25) is 0 Å². The Hall–Kier alpha value is -1.88. The summed E-state index contributed by atoms with van der Waals surface area (Å²) in [6.45, 7) is 2.91. The van der Waals surface area contributed by atoms with Gasteiger partial charge in [-0.1, -0.05) is 13.0 Å². The van der Waals surface area contributed by atoms with E-state index in [0.717, 1.165) is 30.0 Å². The summed E-state index contributed by atoms with van der Waals surface area (Å²) in [5, 5.41) is 5.47. The quantitative estimate of drug-likeness (QED) is 0.782. The lowest BCUT2D eigenvalue weighted by Gasteiger charge is -2.06. The van der Waals surface area contributed by atoms with E-state index in [1.54, 1.807) is 17.5 Å². The van der Waals surface area contributed by atoms with Crippen molar-refractivity contribution in [3.8, 4) is 0 Å². The van der Waals surface area contributed by atoms with Crippen LogP contribution in [0.25, 0.3) is 5.52 Å². The largest absolute Gasteiger partial charge is 0.363 e. The van der Waals surface area contributed by atoms with Crippen LogP contribution in [0.4, 0.5) is 5.82 Å². The van der Waals surface area contributed by atoms with Gasteiger partial charge >= 0.3 is 0 Å². The molecular formula is C13H14N4S. The molecule has 0 aliphatic rings. The van der Waals surface area contributed by atoms with Crippen molar-refractivity contribution in [2.24, 2.45) is 0 Å². The van der Waals surface area contributed by atoms with Gasteiger partial charge in [0.2, 0.25) is 0 Å². The SMILES string of the molecule is CCc1ncn2ccnc(NCc3cccs3)c12. The Kier molecular flexibility index (Phi) is 2.98. The van der Waals surface area contributed by atoms with Crippen molar-refractivity contribution in [1.29, 1.82) is 0 Å². The summed E-state index contributed by atoms with van der Waals surface area (Å²) < 4.78 is 2.02. The van der Waals surface area contributed by atoms with Crippen LogP contribution in [0.3, 0.4) is 0 Å². The Labute approximate surface area is 109 Å². The zero-order chi connectivity index (χ0) is 12.4. The predicted octanol–water partition coefficient (Wildman–Crippen LogP) is 2.97. The zero-order valence-electron chi connectivity index (χ0n) is 10.1. The molecule has 0 fully saturated rings. The lowest BCUT2D eigenvalue weighted by atomic mass is 10.3. The molecule has 18 heavy (non-hydrogen) atoms. The topological polar surface area (TPSA) is 42.2 Å². The first-order valence-corrected chi connectivity index (χ1v) is 6.83. The van der Waals surface area contributed by atoms with Crippen molar-refractivity contribution in [1.82, 2.24) is 14.4 Å². The highest BCUT2D eigenvalue weighted by Gasteiger charge is 2.08. The first kappa shape index (κ1) is 11.2. The molecule has 0 unspecified atom stereocenters. The van der Waals surface area contributed by atoms with Crippen molar-refractivity contribution in [3.63, 3.8) is 0 Å². The minimum absolute atomic E-state index is 0.804. The first-order chi connectivity index (χ1) is 8.88. The smallest absolute Gasteiger partial charge is 0.152 e. The van der Waals surface area contributed by atoms with Crippen molar-refractivity contribution < 1.29 is 0 Å². The fourth-order valence-corrected chi connectivity index (χ4v) is 2.63. The van der Waals surface area contributed by atoms with Crippen LogP contribution < -0.4 is 5.32 Å². The second kappa shape index (κ2) is 4.78. The van der Waals surface area contributed by atoms with E-state index < -0.39 is 0 Å². The van der Waals surface area contributed by atoms with Crippen molar-refractivity contribution >= 4 is 22.7 Å². The Morgan fingerprint density at radius 1 is 1.39 bits per heavy atom. The Bertz CT molecular complexity index is 642. The highest BCUT2D eigenvalue weighted by Crippen LogP contribution is 2.19. The molecule has 0 spiro atoms. The maximum atomic E-state index is 4.42. The number of aryl methyl sites for hydroxylation is 1. The van der Waals surface area contributed by atoms with Gasteiger partial charge in [0.1, 0.15) is 5.52 Å². The molecule has 5 heteroatoms. The van der Waals surface area contributed by atoms with Gasteiger partial charge in [-0.3, -0.25) is 0 Å². The number of aromatic nitrogens is 3. The van der Waals surface area contributed by atoms with Crippen molar-refractivity contribution in [2.45, 2.75) is 19.9 Å². The van der Waals surface area contributed by atoms with Crippen LogP contribution in [-0.4, -0.2) is 14.4 Å². The summed E-state index contributed by atoms with van der Waals surface area (Å²) in [5.74, 6) is 0.903. The van der Waals surface area contributed by atoms with E-state index in [4.69, 9.17) is 0 Å². The third kappa shape index (κ3) is 1.97. The maximum absolute atomic E-state index is 4.42. The van der Waals surface area contributed by atoms with E-state index in [1.165, 1.54) is 4.88 Å². The van der Waals surface area contributed by atoms with Gasteiger partial charge in [-0.25, -0.2) is 9.97 Å². The molecular weight excluding hydrogens is 244 g/mol. The highest BCUT2D eigenvalue weighted by molar-refractivity contribution is 7.09. The van der Waals surface area contributed by atoms with Gasteiger partial charge in [0.15, 0.2) is 5.82 Å². The zero-order valence-corrected chi connectivity index (χ0v) is 10.9. The van der Waals surface area contributed by atoms with E-state index in [2.05, 4.69) is 39.7 Å². The number of anilines is 1. The van der Waals surface area contributed by atoms with Gasteiger partial charge in [0.25, 0.3) is 0 Å². The molecule has 0 saturated carbocycles. The van der Waals surface area contributed by atoms with E-state index in [1.807, 2.05) is 16.9 Å². The van der Waals surface area contributed by atoms with E-state index in [0.29, 0.717) is 0 Å². The van der Waals surface area contributed by atoms with Gasteiger partial charge in [-0.2, -0.15) is 0 Å². The minimum atomic E-state index is 0.804. The van der Waals surface area contributed by atoms with Gasteiger partial charge in [0.05, 0.1) is 18.6 Å². The molecule has 3 aromatic rings. The van der Waals surface area contributed by atoms with Gasteiger partial charge < -0.3 is 9.72 Å². The molecule has 0 saturated heterocycles. The van der Waals surface area contributed by atoms with E-state index in [-0.39, 0.29) is 0 Å². The monoisotopic (exact) mass is 258 g/mol. The third-order valence-electron chi connectivity index (χ3n) is 2.87. The van der Waals surface area contributed by atoms with E-state index >= 15 is 0 Å². The van der Waals surface area contributed by atoms with Crippen LogP contribution in [0.15, 0.2) is 36.2 Å². The summed E-state index contributed by atoms with van der Waals surface area (Å²) in [5.41, 5.74) is 2.16. The highest BCUT2D eigenvalue weighted by atomic mass is 32.1. The number of hydrogen-bond acceptors (Lipinski definition) is 4. The van der Waals surface area contributed by atoms with Crippen LogP contribution in [0, 0.1) is 0 Å². The molecule has 1 N–H and O–H groups in total. The summed E-state index contributed by atoms with van der Waals surface area (Å²) in [6.07, 6.45) is 6.48. The molecule has 0 aromatic carbocycles. The molecule has 0 amide bonds. The molecule has 0 atom stereocenters. The standard InChI is InChI=1S/C13H14N4S/c1-2-11-12-13(14-5-6-17(12)9-16-11)15-8-10-4-3-7-18-10/h3-7,9H,2,8H2,1H3,(H,14,15). The number of hydrogen-bond donors (Lipinski definition) is 1. The summed E-state index contributed by atoms with van der Waals surface area (Å²) >= 11 is 1.75. The molecule has 0 aliphatic heterocycles. The molecule has 0 radical (unpaired) electrons. The Morgan fingerprint density at radius 2 is 2.33 bits per heavy atom. The number of thiophene rings is 1. The molecule has 3 rings (SSSR count). The number of fused-ring (bicyclic) bond motifs is 1. The number of rotatable bonds is 4. The minimum Gasteiger partial charge on any atom is -0.363 e. The lowest BCUT2D eigenvalue weighted by Crippen LogP contribution is -2.02. The van der Waals surface area contributed by atoms with Gasteiger partial charge in [-0.15, -0.1) is 11.3 Å². The first-order valence-electron chi connectivity index (χ1n) is 5.95. The number of nitrogens with zero attached hydrogens (tertiary/aromatic N) is 3. The summed E-state index contributed by atoms with van der Waals surface area (Å²) in [7, 11) is 0. The normalized spacial score (nSPS) is 10.9. The molecule has 0 aliphatic carbocycles. The average Bonchev–Trinajstić information content (AvgIpc) is 3.05. The second-order valence-corrected chi connectivity index (χ2v) is 5.04. The molecule has 3 aromatic heterocycles. The Morgan fingerprint density at radius 3 is 3.11 bits per heavy atom. The fourth-order valence-electron chi connectivity index (χ4n) is 1.98. The Balaban J connectivity index is 1.93. The van der Waals surface area contributed by atoms with Gasteiger partial charge in [-0.05, 0) is 17.9 Å². The van der Waals surface area contributed by atoms with Crippen LogP contribution in [0.1, 0.15) is 17.5 Å². The fraction of sp³-hybridized carbons (Fsp3) is 0.231. The predicted molar refractivity (Wildman–Crippen MR) is 74.0 cm³/mol. The molecule has 0 bridgehead atoms. The average molecular weight is 258 g/mol. The van der Waals surface area contributed by atoms with Crippen LogP contribution in [-0.2, 0) is 13.0 Å². The third-order valence-corrected chi connectivity index (χ3v) is 3.75. The molecule has 92 valence electrons. The second-order valence-electron chi connectivity index (χ2n) is 4.01. The number of nitrogens with one attached hydrogen (secondary N) is 1. The molecule has 4 nitrogen and oxygen atoms in total. The number of imidazole rings is 1. The van der Waals surface area contributed by atoms with Crippen LogP contribution in [0.5, 0.6) is 0 Å². The van der Waals surface area contributed by atoms with E-state index in [9.17, 15) is 0 Å². The maximum Gasteiger partial charge on any atom is 0.152 e. The summed E-state index contributed by atoms with van der Waals surface area (Å²) in [6, 6.07) is 4.18. The molecule has 3 heterocycles. The summed E-state index contributed by atoms with van der Waals surface area (Å²) in [4.78, 5) is 10.1. The van der Waals surface area contributed by atoms with Crippen molar-refractivity contribution in [3.05, 3.63) is 46.8 Å².